The standard InChI is InChI=1S/C9H14O6/c1-9(2)14-6(3-10)7(15-9)4-13-5-8(11)12/h3,6-7H,4-5H2,1-2H3,(H,11,12)/t6-,7+/m1/s1. The topological polar surface area (TPSA) is 82.1 Å². The van der Waals surface area contributed by atoms with Crippen LogP contribution in [0.3, 0.4) is 0 Å². The molecule has 1 aliphatic rings. The predicted octanol–water partition coefficient (Wildman–Crippen LogP) is -0.193. The first-order chi connectivity index (χ1) is 6.94. The van der Waals surface area contributed by atoms with Crippen LogP contribution in [0.1, 0.15) is 13.8 Å². The molecule has 0 aromatic heterocycles. The summed E-state index contributed by atoms with van der Waals surface area (Å²) in [5, 5.41) is 8.35. The highest BCUT2D eigenvalue weighted by molar-refractivity contribution is 5.68. The molecule has 1 fully saturated rings. The van der Waals surface area contributed by atoms with E-state index in [2.05, 4.69) is 0 Å². The van der Waals surface area contributed by atoms with Gasteiger partial charge in [0.2, 0.25) is 0 Å². The largest absolute Gasteiger partial charge is 0.480 e. The van der Waals surface area contributed by atoms with E-state index < -0.39 is 30.6 Å². The van der Waals surface area contributed by atoms with Gasteiger partial charge in [-0.05, 0) is 13.8 Å². The number of carboxylic acid groups (broad SMARTS) is 1. The third-order valence-electron chi connectivity index (χ3n) is 1.86. The molecule has 0 bridgehead atoms. The van der Waals surface area contributed by atoms with E-state index in [9.17, 15) is 9.59 Å². The summed E-state index contributed by atoms with van der Waals surface area (Å²) in [7, 11) is 0. The van der Waals surface area contributed by atoms with Crippen molar-refractivity contribution in [1.82, 2.24) is 0 Å². The molecule has 1 heterocycles. The zero-order chi connectivity index (χ0) is 11.5. The van der Waals surface area contributed by atoms with Crippen LogP contribution in [0, 0.1) is 0 Å². The minimum Gasteiger partial charge on any atom is -0.480 e. The predicted molar refractivity (Wildman–Crippen MR) is 48.3 cm³/mol. The molecule has 15 heavy (non-hydrogen) atoms. The van der Waals surface area contributed by atoms with Crippen molar-refractivity contribution in [2.75, 3.05) is 13.2 Å². The van der Waals surface area contributed by atoms with Crippen molar-refractivity contribution in [3.63, 3.8) is 0 Å². The number of rotatable bonds is 5. The molecule has 0 amide bonds. The molecule has 0 unspecified atom stereocenters. The Bertz CT molecular complexity index is 249. The van der Waals surface area contributed by atoms with Crippen LogP contribution in [0.25, 0.3) is 0 Å². The summed E-state index contributed by atoms with van der Waals surface area (Å²) in [6.07, 6.45) is -0.616. The number of carboxylic acids is 1. The van der Waals surface area contributed by atoms with Crippen molar-refractivity contribution in [2.24, 2.45) is 0 Å². The molecule has 0 aliphatic carbocycles. The Morgan fingerprint density at radius 2 is 2.20 bits per heavy atom. The van der Waals surface area contributed by atoms with Crippen LogP contribution in [-0.2, 0) is 23.8 Å². The molecule has 6 heteroatoms. The summed E-state index contributed by atoms with van der Waals surface area (Å²) in [6.45, 7) is 2.98. The van der Waals surface area contributed by atoms with Gasteiger partial charge in [0.05, 0.1) is 6.61 Å². The molecule has 0 aromatic carbocycles. The van der Waals surface area contributed by atoms with E-state index in [1.165, 1.54) is 0 Å². The van der Waals surface area contributed by atoms with Gasteiger partial charge in [0.25, 0.3) is 0 Å². The zero-order valence-corrected chi connectivity index (χ0v) is 8.63. The highest BCUT2D eigenvalue weighted by atomic mass is 16.8. The molecule has 1 saturated heterocycles. The highest BCUT2D eigenvalue weighted by Gasteiger charge is 2.41. The van der Waals surface area contributed by atoms with E-state index >= 15 is 0 Å². The lowest BCUT2D eigenvalue weighted by Gasteiger charge is -2.16. The fourth-order valence-electron chi connectivity index (χ4n) is 1.37. The average molecular weight is 218 g/mol. The van der Waals surface area contributed by atoms with Gasteiger partial charge in [0.1, 0.15) is 18.8 Å². The number of hydrogen-bond acceptors (Lipinski definition) is 5. The van der Waals surface area contributed by atoms with Crippen molar-refractivity contribution < 1.29 is 28.9 Å². The quantitative estimate of drug-likeness (QED) is 0.644. The van der Waals surface area contributed by atoms with Crippen LogP contribution >= 0.6 is 0 Å². The first-order valence-corrected chi connectivity index (χ1v) is 4.55. The van der Waals surface area contributed by atoms with Crippen molar-refractivity contribution in [3.8, 4) is 0 Å². The minimum atomic E-state index is -1.06. The number of ether oxygens (including phenoxy) is 3. The van der Waals surface area contributed by atoms with Crippen LogP contribution < -0.4 is 0 Å². The van der Waals surface area contributed by atoms with Gasteiger partial charge in [-0.15, -0.1) is 0 Å². The van der Waals surface area contributed by atoms with Gasteiger partial charge in [-0.25, -0.2) is 4.79 Å². The first-order valence-electron chi connectivity index (χ1n) is 4.55. The SMILES string of the molecule is CC1(C)O[C@@H](COCC(=O)O)[C@@H](C=O)O1. The van der Waals surface area contributed by atoms with Crippen LogP contribution in [0.2, 0.25) is 0 Å². The minimum absolute atomic E-state index is 0.0269. The van der Waals surface area contributed by atoms with Gasteiger partial charge in [-0.2, -0.15) is 0 Å². The second-order valence-electron chi connectivity index (χ2n) is 3.68. The number of aldehydes is 1. The molecule has 0 radical (unpaired) electrons. The van der Waals surface area contributed by atoms with Crippen LogP contribution in [0.15, 0.2) is 0 Å². The number of aliphatic carboxylic acids is 1. The van der Waals surface area contributed by atoms with E-state index in [4.69, 9.17) is 19.3 Å². The maximum absolute atomic E-state index is 10.6. The molecule has 1 N–H and O–H groups in total. The Morgan fingerprint density at radius 1 is 1.53 bits per heavy atom. The van der Waals surface area contributed by atoms with Crippen LogP contribution in [-0.4, -0.2) is 48.6 Å². The summed E-state index contributed by atoms with van der Waals surface area (Å²) in [5.74, 6) is -1.89. The van der Waals surface area contributed by atoms with E-state index in [0.29, 0.717) is 6.29 Å². The molecule has 2 atom stereocenters. The van der Waals surface area contributed by atoms with Crippen molar-refractivity contribution in [3.05, 3.63) is 0 Å². The van der Waals surface area contributed by atoms with Gasteiger partial charge in [-0.3, -0.25) is 0 Å². The lowest BCUT2D eigenvalue weighted by molar-refractivity contribution is -0.155. The normalized spacial score (nSPS) is 28.9. The van der Waals surface area contributed by atoms with E-state index in [1.54, 1.807) is 13.8 Å². The summed E-state index contributed by atoms with van der Waals surface area (Å²) >= 11 is 0. The molecule has 0 aromatic rings. The molecular formula is C9H14O6. The van der Waals surface area contributed by atoms with E-state index in [-0.39, 0.29) is 6.61 Å². The van der Waals surface area contributed by atoms with E-state index in [1.807, 2.05) is 0 Å². The molecular weight excluding hydrogens is 204 g/mol. The maximum Gasteiger partial charge on any atom is 0.329 e. The van der Waals surface area contributed by atoms with Gasteiger partial charge in [-0.1, -0.05) is 0 Å². The van der Waals surface area contributed by atoms with E-state index in [0.717, 1.165) is 0 Å². The van der Waals surface area contributed by atoms with Gasteiger partial charge in [0.15, 0.2) is 12.1 Å². The lowest BCUT2D eigenvalue weighted by Crippen LogP contribution is -2.29. The summed E-state index contributed by atoms with van der Waals surface area (Å²) in [4.78, 5) is 20.8. The van der Waals surface area contributed by atoms with Gasteiger partial charge in [0, 0.05) is 0 Å². The third-order valence-corrected chi connectivity index (χ3v) is 1.86. The van der Waals surface area contributed by atoms with Crippen LogP contribution in [0.4, 0.5) is 0 Å². The van der Waals surface area contributed by atoms with Gasteiger partial charge >= 0.3 is 5.97 Å². The Balaban J connectivity index is 2.40. The fraction of sp³-hybridized carbons (Fsp3) is 0.778. The zero-order valence-electron chi connectivity index (χ0n) is 8.63. The Labute approximate surface area is 87.1 Å². The monoisotopic (exact) mass is 218 g/mol. The summed E-state index contributed by atoms with van der Waals surface area (Å²) in [6, 6.07) is 0. The Kier molecular flexibility index (Phi) is 3.78. The fourth-order valence-corrected chi connectivity index (χ4v) is 1.37. The average Bonchev–Trinajstić information content (AvgIpc) is 2.40. The molecule has 1 aliphatic heterocycles. The second-order valence-corrected chi connectivity index (χ2v) is 3.68. The second kappa shape index (κ2) is 4.69. The molecule has 0 saturated carbocycles. The van der Waals surface area contributed by atoms with Crippen LogP contribution in [0.5, 0.6) is 0 Å². The third kappa shape index (κ3) is 3.58. The Hall–Kier alpha value is -0.980. The molecule has 86 valence electrons. The van der Waals surface area contributed by atoms with Crippen molar-refractivity contribution >= 4 is 12.3 Å². The summed E-state index contributed by atoms with van der Waals surface area (Å²) in [5.41, 5.74) is 0. The maximum atomic E-state index is 10.6. The number of hydrogen-bond donors (Lipinski definition) is 1. The Morgan fingerprint density at radius 3 is 2.73 bits per heavy atom. The van der Waals surface area contributed by atoms with Crippen molar-refractivity contribution in [1.29, 1.82) is 0 Å². The van der Waals surface area contributed by atoms with Gasteiger partial charge < -0.3 is 24.1 Å². The smallest absolute Gasteiger partial charge is 0.329 e. The number of carbonyl (C=O) groups is 2. The highest BCUT2D eigenvalue weighted by Crippen LogP contribution is 2.27. The molecule has 6 nitrogen and oxygen atoms in total. The van der Waals surface area contributed by atoms with Crippen molar-refractivity contribution in [2.45, 2.75) is 31.8 Å². The summed E-state index contributed by atoms with van der Waals surface area (Å²) < 4.78 is 15.5. The molecule has 0 spiro atoms. The first kappa shape index (κ1) is 12.1. The number of carbonyl (C=O) groups excluding carboxylic acids is 1. The lowest BCUT2D eigenvalue weighted by atomic mass is 10.2. The molecule has 1 rings (SSSR count).